The molecule has 2 atom stereocenters. The molecule has 0 heterocycles. The minimum absolute atomic E-state index is 0.224. The van der Waals surface area contributed by atoms with Gasteiger partial charge in [0.15, 0.2) is 0 Å². The number of nitrogens with one attached hydrogen (secondary N) is 1. The first-order valence-electron chi connectivity index (χ1n) is 7.13. The molecule has 0 aromatic heterocycles. The van der Waals surface area contributed by atoms with Crippen molar-refractivity contribution in [3.63, 3.8) is 0 Å². The molecular weight excluding hydrogens is 258 g/mol. The zero-order chi connectivity index (χ0) is 13.9. The molecule has 1 aliphatic rings. The topological polar surface area (TPSA) is 21.3 Å². The Morgan fingerprint density at radius 1 is 1.32 bits per heavy atom. The van der Waals surface area contributed by atoms with Crippen LogP contribution in [0.1, 0.15) is 39.2 Å². The normalized spacial score (nSPS) is 25.1. The van der Waals surface area contributed by atoms with Crippen molar-refractivity contribution in [1.29, 1.82) is 0 Å². The van der Waals surface area contributed by atoms with Gasteiger partial charge in [-0.25, -0.2) is 0 Å². The van der Waals surface area contributed by atoms with Gasteiger partial charge in [-0.3, -0.25) is 0 Å². The second kappa shape index (κ2) is 6.25. The molecule has 0 radical (unpaired) electrons. The molecule has 0 spiro atoms. The standard InChI is InChI=1S/C16H24ClNO/c1-4-9-18-14-10-15(16(14,2)3)19-11-12-5-7-13(17)8-6-12/h5-8,14-15,18H,4,9-11H2,1-3H3. The molecule has 1 aliphatic carbocycles. The van der Waals surface area contributed by atoms with Crippen LogP contribution in [-0.2, 0) is 11.3 Å². The molecule has 2 nitrogen and oxygen atoms in total. The van der Waals surface area contributed by atoms with E-state index in [2.05, 4.69) is 26.1 Å². The van der Waals surface area contributed by atoms with Crippen LogP contribution >= 0.6 is 11.6 Å². The van der Waals surface area contributed by atoms with Gasteiger partial charge in [-0.15, -0.1) is 0 Å². The number of rotatable bonds is 6. The van der Waals surface area contributed by atoms with Gasteiger partial charge in [-0.1, -0.05) is 44.5 Å². The number of hydrogen-bond acceptors (Lipinski definition) is 2. The van der Waals surface area contributed by atoms with Gasteiger partial charge in [-0.05, 0) is 37.1 Å². The molecule has 0 amide bonds. The molecule has 106 valence electrons. The monoisotopic (exact) mass is 281 g/mol. The Labute approximate surface area is 121 Å². The van der Waals surface area contributed by atoms with Crippen molar-refractivity contribution in [3.05, 3.63) is 34.9 Å². The lowest BCUT2D eigenvalue weighted by molar-refractivity contribution is -0.124. The number of ether oxygens (including phenoxy) is 1. The fraction of sp³-hybridized carbons (Fsp3) is 0.625. The molecule has 1 aromatic carbocycles. The molecular formula is C16H24ClNO. The Bertz CT molecular complexity index is 402. The molecule has 2 rings (SSSR count). The van der Waals surface area contributed by atoms with Crippen LogP contribution in [0, 0.1) is 5.41 Å². The summed E-state index contributed by atoms with van der Waals surface area (Å²) in [5, 5.41) is 4.37. The van der Waals surface area contributed by atoms with Crippen LogP contribution in [0.3, 0.4) is 0 Å². The second-order valence-corrected chi connectivity index (χ2v) is 6.43. The van der Waals surface area contributed by atoms with Crippen LogP contribution in [0.4, 0.5) is 0 Å². The van der Waals surface area contributed by atoms with Crippen LogP contribution < -0.4 is 5.32 Å². The van der Waals surface area contributed by atoms with Crippen molar-refractivity contribution in [3.8, 4) is 0 Å². The third kappa shape index (κ3) is 3.50. The fourth-order valence-corrected chi connectivity index (χ4v) is 2.74. The van der Waals surface area contributed by atoms with Gasteiger partial charge in [-0.2, -0.15) is 0 Å². The predicted molar refractivity (Wildman–Crippen MR) is 80.5 cm³/mol. The molecule has 2 unspecified atom stereocenters. The van der Waals surface area contributed by atoms with E-state index in [0.717, 1.165) is 18.0 Å². The maximum Gasteiger partial charge on any atom is 0.0720 e. The molecule has 1 fully saturated rings. The van der Waals surface area contributed by atoms with Crippen LogP contribution in [0.15, 0.2) is 24.3 Å². The van der Waals surface area contributed by atoms with Gasteiger partial charge in [0.25, 0.3) is 0 Å². The molecule has 1 saturated carbocycles. The predicted octanol–water partition coefficient (Wildman–Crippen LogP) is 4.02. The van der Waals surface area contributed by atoms with Gasteiger partial charge in [0.05, 0.1) is 12.7 Å². The number of hydrogen-bond donors (Lipinski definition) is 1. The largest absolute Gasteiger partial charge is 0.373 e. The molecule has 0 aliphatic heterocycles. The van der Waals surface area contributed by atoms with E-state index in [0.29, 0.717) is 18.8 Å². The van der Waals surface area contributed by atoms with E-state index in [-0.39, 0.29) is 5.41 Å². The smallest absolute Gasteiger partial charge is 0.0720 e. The van der Waals surface area contributed by atoms with Gasteiger partial charge in [0.1, 0.15) is 0 Å². The van der Waals surface area contributed by atoms with E-state index in [1.54, 1.807) is 0 Å². The first kappa shape index (κ1) is 14.8. The van der Waals surface area contributed by atoms with E-state index in [4.69, 9.17) is 16.3 Å². The van der Waals surface area contributed by atoms with Gasteiger partial charge >= 0.3 is 0 Å². The van der Waals surface area contributed by atoms with Crippen LogP contribution in [-0.4, -0.2) is 18.7 Å². The van der Waals surface area contributed by atoms with Crippen molar-refractivity contribution < 1.29 is 4.74 Å². The van der Waals surface area contributed by atoms with Crippen LogP contribution in [0.2, 0.25) is 5.02 Å². The first-order valence-corrected chi connectivity index (χ1v) is 7.51. The summed E-state index contributed by atoms with van der Waals surface area (Å²) in [4.78, 5) is 0. The SMILES string of the molecule is CCCNC1CC(OCc2ccc(Cl)cc2)C1(C)C. The van der Waals surface area contributed by atoms with Crippen molar-refractivity contribution in [2.75, 3.05) is 6.54 Å². The average molecular weight is 282 g/mol. The lowest BCUT2D eigenvalue weighted by Crippen LogP contribution is -2.60. The molecule has 1 N–H and O–H groups in total. The first-order chi connectivity index (χ1) is 9.04. The summed E-state index contributed by atoms with van der Waals surface area (Å²) < 4.78 is 6.05. The highest BCUT2D eigenvalue weighted by molar-refractivity contribution is 6.30. The quantitative estimate of drug-likeness (QED) is 0.850. The second-order valence-electron chi connectivity index (χ2n) is 5.99. The van der Waals surface area contributed by atoms with Crippen molar-refractivity contribution in [1.82, 2.24) is 5.32 Å². The highest BCUT2D eigenvalue weighted by atomic mass is 35.5. The summed E-state index contributed by atoms with van der Waals surface area (Å²) >= 11 is 5.88. The average Bonchev–Trinajstić information content (AvgIpc) is 2.39. The Kier molecular flexibility index (Phi) is 4.88. The Balaban J connectivity index is 1.80. The van der Waals surface area contributed by atoms with Crippen molar-refractivity contribution in [2.24, 2.45) is 5.41 Å². The van der Waals surface area contributed by atoms with Crippen LogP contribution in [0.25, 0.3) is 0 Å². The van der Waals surface area contributed by atoms with Gasteiger partial charge < -0.3 is 10.1 Å². The zero-order valence-corrected chi connectivity index (χ0v) is 12.8. The summed E-state index contributed by atoms with van der Waals surface area (Å²) in [5.74, 6) is 0. The summed E-state index contributed by atoms with van der Waals surface area (Å²) in [6.07, 6.45) is 2.64. The van der Waals surface area contributed by atoms with Crippen molar-refractivity contribution >= 4 is 11.6 Å². The van der Waals surface area contributed by atoms with Gasteiger partial charge in [0, 0.05) is 16.5 Å². The molecule has 3 heteroatoms. The van der Waals surface area contributed by atoms with Crippen molar-refractivity contribution in [2.45, 2.75) is 52.4 Å². The zero-order valence-electron chi connectivity index (χ0n) is 12.1. The lowest BCUT2D eigenvalue weighted by Gasteiger charge is -2.52. The highest BCUT2D eigenvalue weighted by Crippen LogP contribution is 2.43. The van der Waals surface area contributed by atoms with Crippen LogP contribution in [0.5, 0.6) is 0 Å². The van der Waals surface area contributed by atoms with E-state index < -0.39 is 0 Å². The third-order valence-corrected chi connectivity index (χ3v) is 4.43. The summed E-state index contributed by atoms with van der Waals surface area (Å²) in [5.41, 5.74) is 1.41. The maximum absolute atomic E-state index is 6.05. The Hall–Kier alpha value is -0.570. The fourth-order valence-electron chi connectivity index (χ4n) is 2.61. The van der Waals surface area contributed by atoms with Gasteiger partial charge in [0.2, 0.25) is 0 Å². The Morgan fingerprint density at radius 2 is 2.00 bits per heavy atom. The summed E-state index contributed by atoms with van der Waals surface area (Å²) in [6.45, 7) is 8.55. The number of halogens is 1. The lowest BCUT2D eigenvalue weighted by atomic mass is 9.64. The minimum atomic E-state index is 0.224. The van der Waals surface area contributed by atoms with E-state index in [1.165, 1.54) is 12.0 Å². The molecule has 1 aromatic rings. The number of benzene rings is 1. The Morgan fingerprint density at radius 3 is 2.58 bits per heavy atom. The summed E-state index contributed by atoms with van der Waals surface area (Å²) in [6, 6.07) is 8.47. The molecule has 19 heavy (non-hydrogen) atoms. The minimum Gasteiger partial charge on any atom is -0.373 e. The highest BCUT2D eigenvalue weighted by Gasteiger charge is 2.48. The van der Waals surface area contributed by atoms with E-state index >= 15 is 0 Å². The summed E-state index contributed by atoms with van der Waals surface area (Å²) in [7, 11) is 0. The molecule has 0 saturated heterocycles. The third-order valence-electron chi connectivity index (χ3n) is 4.18. The maximum atomic E-state index is 6.05. The van der Waals surface area contributed by atoms with E-state index in [9.17, 15) is 0 Å². The molecule has 0 bridgehead atoms. The van der Waals surface area contributed by atoms with E-state index in [1.807, 2.05) is 24.3 Å².